The SMILES string of the molecule is CC(C)c1ccc(S(=O)(=O)N2CC(c3ccccc3)OCC2C)cc1. The molecule has 1 aliphatic rings. The molecule has 25 heavy (non-hydrogen) atoms. The first kappa shape index (κ1) is 18.1. The first-order valence-corrected chi connectivity index (χ1v) is 10.1. The van der Waals surface area contributed by atoms with Crippen molar-refractivity contribution in [3.63, 3.8) is 0 Å². The summed E-state index contributed by atoms with van der Waals surface area (Å²) in [5.74, 6) is 0.376. The third-order valence-corrected chi connectivity index (χ3v) is 6.70. The number of sulfonamides is 1. The zero-order valence-corrected chi connectivity index (χ0v) is 15.7. The minimum Gasteiger partial charge on any atom is -0.370 e. The Bertz CT molecular complexity index is 801. The summed E-state index contributed by atoms with van der Waals surface area (Å²) >= 11 is 0. The smallest absolute Gasteiger partial charge is 0.243 e. The van der Waals surface area contributed by atoms with Crippen molar-refractivity contribution in [2.45, 2.75) is 43.7 Å². The summed E-state index contributed by atoms with van der Waals surface area (Å²) in [7, 11) is -3.54. The number of morpholine rings is 1. The molecule has 134 valence electrons. The van der Waals surface area contributed by atoms with Crippen LogP contribution in [0.3, 0.4) is 0 Å². The molecule has 0 amide bonds. The van der Waals surface area contributed by atoms with Crippen molar-refractivity contribution in [3.8, 4) is 0 Å². The van der Waals surface area contributed by atoms with Crippen LogP contribution in [0.1, 0.15) is 43.9 Å². The summed E-state index contributed by atoms with van der Waals surface area (Å²) in [5.41, 5.74) is 2.14. The normalized spacial score (nSPS) is 22.2. The lowest BCUT2D eigenvalue weighted by Gasteiger charge is -2.37. The molecule has 0 N–H and O–H groups in total. The second-order valence-corrected chi connectivity index (χ2v) is 8.77. The van der Waals surface area contributed by atoms with Crippen LogP contribution >= 0.6 is 0 Å². The Hall–Kier alpha value is -1.69. The first-order valence-electron chi connectivity index (χ1n) is 8.68. The lowest BCUT2D eigenvalue weighted by atomic mass is 10.0. The molecule has 0 aliphatic carbocycles. The zero-order valence-electron chi connectivity index (χ0n) is 14.9. The van der Waals surface area contributed by atoms with Crippen LogP contribution in [0.2, 0.25) is 0 Å². The average molecular weight is 359 g/mol. The number of hydrogen-bond donors (Lipinski definition) is 0. The van der Waals surface area contributed by atoms with Gasteiger partial charge in [0.25, 0.3) is 0 Å². The second kappa shape index (κ2) is 7.28. The largest absolute Gasteiger partial charge is 0.370 e. The maximum absolute atomic E-state index is 13.1. The van der Waals surface area contributed by atoms with Gasteiger partial charge in [-0.25, -0.2) is 8.42 Å². The van der Waals surface area contributed by atoms with Crippen molar-refractivity contribution >= 4 is 10.0 Å². The van der Waals surface area contributed by atoms with E-state index in [0.29, 0.717) is 24.0 Å². The predicted octanol–water partition coefficient (Wildman–Crippen LogP) is 3.96. The molecule has 1 aliphatic heterocycles. The number of hydrogen-bond acceptors (Lipinski definition) is 3. The van der Waals surface area contributed by atoms with Crippen LogP contribution < -0.4 is 0 Å². The highest BCUT2D eigenvalue weighted by molar-refractivity contribution is 7.89. The van der Waals surface area contributed by atoms with Crippen LogP contribution in [0.25, 0.3) is 0 Å². The molecule has 1 saturated heterocycles. The second-order valence-electron chi connectivity index (χ2n) is 6.88. The molecule has 0 radical (unpaired) electrons. The molecule has 1 heterocycles. The van der Waals surface area contributed by atoms with E-state index in [-0.39, 0.29) is 12.1 Å². The lowest BCUT2D eigenvalue weighted by molar-refractivity contribution is -0.0288. The summed E-state index contributed by atoms with van der Waals surface area (Å²) in [5, 5.41) is 0. The van der Waals surface area contributed by atoms with Gasteiger partial charge in [-0.05, 0) is 36.1 Å². The molecule has 2 atom stereocenters. The quantitative estimate of drug-likeness (QED) is 0.830. The van der Waals surface area contributed by atoms with E-state index in [1.807, 2.05) is 49.4 Å². The molecule has 0 bridgehead atoms. The van der Waals surface area contributed by atoms with Gasteiger partial charge < -0.3 is 4.74 Å². The van der Waals surface area contributed by atoms with E-state index in [1.165, 1.54) is 0 Å². The maximum atomic E-state index is 13.1. The minimum atomic E-state index is -3.54. The van der Waals surface area contributed by atoms with Gasteiger partial charge in [0.05, 0.1) is 17.6 Å². The lowest BCUT2D eigenvalue weighted by Crippen LogP contribution is -2.48. The zero-order chi connectivity index (χ0) is 18.0. The van der Waals surface area contributed by atoms with E-state index in [4.69, 9.17) is 4.74 Å². The van der Waals surface area contributed by atoms with Gasteiger partial charge >= 0.3 is 0 Å². The van der Waals surface area contributed by atoms with E-state index in [1.54, 1.807) is 16.4 Å². The molecular weight excluding hydrogens is 334 g/mol. The van der Waals surface area contributed by atoms with Crippen LogP contribution in [0.15, 0.2) is 59.5 Å². The van der Waals surface area contributed by atoms with Crippen molar-refractivity contribution in [1.29, 1.82) is 0 Å². The minimum absolute atomic E-state index is 0.185. The van der Waals surface area contributed by atoms with Gasteiger partial charge in [0.2, 0.25) is 10.0 Å². The fraction of sp³-hybridized carbons (Fsp3) is 0.400. The first-order chi connectivity index (χ1) is 11.9. The van der Waals surface area contributed by atoms with Crippen LogP contribution in [-0.4, -0.2) is 31.9 Å². The maximum Gasteiger partial charge on any atom is 0.243 e. The van der Waals surface area contributed by atoms with E-state index in [0.717, 1.165) is 11.1 Å². The molecule has 0 aromatic heterocycles. The van der Waals surface area contributed by atoms with Gasteiger partial charge in [-0.1, -0.05) is 56.3 Å². The number of nitrogens with zero attached hydrogens (tertiary/aromatic N) is 1. The Morgan fingerprint density at radius 2 is 1.68 bits per heavy atom. The molecule has 2 aromatic carbocycles. The van der Waals surface area contributed by atoms with Crippen molar-refractivity contribution in [2.75, 3.05) is 13.2 Å². The van der Waals surface area contributed by atoms with Gasteiger partial charge in [-0.2, -0.15) is 4.31 Å². The Balaban J connectivity index is 1.86. The van der Waals surface area contributed by atoms with E-state index in [9.17, 15) is 8.42 Å². The number of ether oxygens (including phenoxy) is 1. The summed E-state index contributed by atoms with van der Waals surface area (Å²) in [4.78, 5) is 0.345. The Labute approximate surface area is 150 Å². The van der Waals surface area contributed by atoms with Crippen molar-refractivity contribution in [2.24, 2.45) is 0 Å². The fourth-order valence-electron chi connectivity index (χ4n) is 3.10. The topological polar surface area (TPSA) is 46.6 Å². The van der Waals surface area contributed by atoms with Crippen molar-refractivity contribution < 1.29 is 13.2 Å². The van der Waals surface area contributed by atoms with Gasteiger partial charge in [0.15, 0.2) is 0 Å². The summed E-state index contributed by atoms with van der Waals surface area (Å²) < 4.78 is 33.7. The molecule has 2 aromatic rings. The molecule has 0 saturated carbocycles. The van der Waals surface area contributed by atoms with E-state index >= 15 is 0 Å². The third-order valence-electron chi connectivity index (χ3n) is 4.70. The van der Waals surface area contributed by atoms with Gasteiger partial charge in [0.1, 0.15) is 0 Å². The Morgan fingerprint density at radius 3 is 2.28 bits per heavy atom. The Kier molecular flexibility index (Phi) is 5.27. The molecule has 3 rings (SSSR count). The van der Waals surface area contributed by atoms with Crippen LogP contribution in [0, 0.1) is 0 Å². The predicted molar refractivity (Wildman–Crippen MR) is 99.0 cm³/mol. The summed E-state index contributed by atoms with van der Waals surface area (Å²) in [6.07, 6.45) is -0.234. The van der Waals surface area contributed by atoms with Gasteiger partial charge in [-0.3, -0.25) is 0 Å². The Morgan fingerprint density at radius 1 is 1.04 bits per heavy atom. The molecular formula is C20H25NO3S. The van der Waals surface area contributed by atoms with Crippen molar-refractivity contribution in [3.05, 3.63) is 65.7 Å². The third kappa shape index (κ3) is 3.78. The van der Waals surface area contributed by atoms with Gasteiger partial charge in [0, 0.05) is 12.6 Å². The highest BCUT2D eigenvalue weighted by Crippen LogP contribution is 2.29. The highest BCUT2D eigenvalue weighted by atomic mass is 32.2. The van der Waals surface area contributed by atoms with Crippen LogP contribution in [-0.2, 0) is 14.8 Å². The van der Waals surface area contributed by atoms with Crippen LogP contribution in [0.5, 0.6) is 0 Å². The average Bonchev–Trinajstić information content (AvgIpc) is 2.62. The number of rotatable bonds is 4. The van der Waals surface area contributed by atoms with Gasteiger partial charge in [-0.15, -0.1) is 0 Å². The summed E-state index contributed by atoms with van der Waals surface area (Å²) in [6.45, 7) is 6.81. The van der Waals surface area contributed by atoms with Crippen molar-refractivity contribution in [1.82, 2.24) is 4.31 Å². The standard InChI is InChI=1S/C20H25NO3S/c1-15(2)17-9-11-19(12-10-17)25(22,23)21-13-20(24-14-16(21)3)18-7-5-4-6-8-18/h4-12,15-16,20H,13-14H2,1-3H3. The summed E-state index contributed by atoms with van der Waals surface area (Å²) in [6, 6.07) is 16.8. The van der Waals surface area contributed by atoms with Crippen LogP contribution in [0.4, 0.5) is 0 Å². The number of benzene rings is 2. The molecule has 1 fully saturated rings. The molecule has 4 nitrogen and oxygen atoms in total. The molecule has 0 spiro atoms. The molecule has 2 unspecified atom stereocenters. The highest BCUT2D eigenvalue weighted by Gasteiger charge is 2.36. The molecule has 5 heteroatoms. The van der Waals surface area contributed by atoms with E-state index in [2.05, 4.69) is 13.8 Å². The fourth-order valence-corrected chi connectivity index (χ4v) is 4.72. The monoisotopic (exact) mass is 359 g/mol. The van der Waals surface area contributed by atoms with E-state index < -0.39 is 10.0 Å².